The normalized spacial score (nSPS) is 10.6. The van der Waals surface area contributed by atoms with Crippen molar-refractivity contribution in [3.05, 3.63) is 71.9 Å². The van der Waals surface area contributed by atoms with Crippen molar-refractivity contribution < 1.29 is 14.3 Å². The topological polar surface area (TPSA) is 82.4 Å². The summed E-state index contributed by atoms with van der Waals surface area (Å²) in [4.78, 5) is 25.8. The molecule has 2 aromatic rings. The van der Waals surface area contributed by atoms with Gasteiger partial charge in [-0.25, -0.2) is 4.79 Å². The van der Waals surface area contributed by atoms with Gasteiger partial charge in [-0.05, 0) is 37.3 Å². The van der Waals surface area contributed by atoms with Gasteiger partial charge in [0.15, 0.2) is 5.57 Å². The Morgan fingerprint density at radius 2 is 1.92 bits per heavy atom. The third-order valence-corrected chi connectivity index (χ3v) is 3.56. The van der Waals surface area contributed by atoms with E-state index in [0.29, 0.717) is 11.3 Å². The number of esters is 1. The Kier molecular flexibility index (Phi) is 6.52. The van der Waals surface area contributed by atoms with E-state index in [9.17, 15) is 9.59 Å². The molecule has 0 spiro atoms. The van der Waals surface area contributed by atoms with Crippen LogP contribution in [0.1, 0.15) is 17.3 Å². The molecule has 0 saturated carbocycles. The van der Waals surface area contributed by atoms with Gasteiger partial charge < -0.3 is 15.0 Å². The van der Waals surface area contributed by atoms with Crippen LogP contribution in [0, 0.1) is 11.3 Å². The summed E-state index contributed by atoms with van der Waals surface area (Å²) in [5, 5.41) is 11.9. The average molecular weight is 349 g/mol. The summed E-state index contributed by atoms with van der Waals surface area (Å²) >= 11 is 0. The first-order valence-corrected chi connectivity index (χ1v) is 8.04. The number of hydrogen-bond donors (Lipinski definition) is 1. The van der Waals surface area contributed by atoms with Crippen molar-refractivity contribution in [3.8, 4) is 6.07 Å². The zero-order valence-electron chi connectivity index (χ0n) is 14.6. The number of rotatable bonds is 6. The molecule has 0 atom stereocenters. The van der Waals surface area contributed by atoms with Gasteiger partial charge in [0.1, 0.15) is 6.07 Å². The summed E-state index contributed by atoms with van der Waals surface area (Å²) in [7, 11) is 1.70. The minimum absolute atomic E-state index is 0.148. The number of nitrogens with zero attached hydrogens (tertiary/aromatic N) is 2. The number of ether oxygens (including phenoxy) is 1. The molecular weight excluding hydrogens is 330 g/mol. The van der Waals surface area contributed by atoms with E-state index in [-0.39, 0.29) is 18.1 Å². The van der Waals surface area contributed by atoms with Crippen LogP contribution in [0.3, 0.4) is 0 Å². The second kappa shape index (κ2) is 9.04. The van der Waals surface area contributed by atoms with Gasteiger partial charge in [-0.2, -0.15) is 5.26 Å². The Bertz CT molecular complexity index is 854. The number of nitriles is 1. The van der Waals surface area contributed by atoms with Gasteiger partial charge in [-0.3, -0.25) is 4.79 Å². The van der Waals surface area contributed by atoms with Crippen molar-refractivity contribution in [1.29, 1.82) is 5.26 Å². The fraction of sp³-hybridized carbons (Fsp3) is 0.150. The molecule has 0 aliphatic carbocycles. The lowest BCUT2D eigenvalue weighted by Gasteiger charge is -2.17. The zero-order valence-corrected chi connectivity index (χ0v) is 14.6. The molecule has 0 bridgehead atoms. The maximum Gasteiger partial charge on any atom is 0.350 e. The van der Waals surface area contributed by atoms with E-state index in [4.69, 9.17) is 10.00 Å². The standard InChI is InChI=1S/C20H19N3O3/c1-3-26-20(25)16(13-21)14-22-17-9-7-8-15(12-17)19(24)23(2)18-10-5-4-6-11-18/h4-12,14,22H,3H2,1-2H3/b16-14+. The van der Waals surface area contributed by atoms with E-state index < -0.39 is 5.97 Å². The quantitative estimate of drug-likeness (QED) is 0.491. The van der Waals surface area contributed by atoms with Gasteiger partial charge in [0, 0.05) is 30.2 Å². The van der Waals surface area contributed by atoms with Gasteiger partial charge in [-0.1, -0.05) is 24.3 Å². The SMILES string of the molecule is CCOC(=O)/C(C#N)=C/Nc1cccc(C(=O)N(C)c2ccccc2)c1. The lowest BCUT2D eigenvalue weighted by atomic mass is 10.1. The number of carbonyl (C=O) groups excluding carboxylic acids is 2. The molecule has 0 unspecified atom stereocenters. The molecule has 0 radical (unpaired) electrons. The average Bonchev–Trinajstić information content (AvgIpc) is 2.68. The van der Waals surface area contributed by atoms with Gasteiger partial charge in [0.2, 0.25) is 0 Å². The predicted molar refractivity (Wildman–Crippen MR) is 99.6 cm³/mol. The summed E-state index contributed by atoms with van der Waals surface area (Å²) in [6.07, 6.45) is 1.27. The third kappa shape index (κ3) is 4.71. The van der Waals surface area contributed by atoms with Crippen LogP contribution in [0.5, 0.6) is 0 Å². The molecule has 0 saturated heterocycles. The van der Waals surface area contributed by atoms with Crippen molar-refractivity contribution in [1.82, 2.24) is 0 Å². The van der Waals surface area contributed by atoms with Crippen LogP contribution < -0.4 is 10.2 Å². The van der Waals surface area contributed by atoms with Crippen LogP contribution in [0.2, 0.25) is 0 Å². The molecular formula is C20H19N3O3. The highest BCUT2D eigenvalue weighted by Gasteiger charge is 2.14. The van der Waals surface area contributed by atoms with E-state index in [1.807, 2.05) is 30.3 Å². The van der Waals surface area contributed by atoms with Crippen LogP contribution in [-0.4, -0.2) is 25.5 Å². The number of amides is 1. The van der Waals surface area contributed by atoms with Crippen molar-refractivity contribution in [2.45, 2.75) is 6.92 Å². The molecule has 0 aromatic heterocycles. The van der Waals surface area contributed by atoms with Crippen molar-refractivity contribution in [3.63, 3.8) is 0 Å². The summed E-state index contributed by atoms with van der Waals surface area (Å²) in [6.45, 7) is 1.85. The lowest BCUT2D eigenvalue weighted by molar-refractivity contribution is -0.138. The van der Waals surface area contributed by atoms with Crippen LogP contribution >= 0.6 is 0 Å². The second-order valence-corrected chi connectivity index (χ2v) is 5.32. The summed E-state index contributed by atoms with van der Waals surface area (Å²) in [6, 6.07) is 17.9. The molecule has 26 heavy (non-hydrogen) atoms. The second-order valence-electron chi connectivity index (χ2n) is 5.32. The minimum atomic E-state index is -0.696. The maximum atomic E-state index is 12.6. The fourth-order valence-electron chi connectivity index (χ4n) is 2.21. The molecule has 0 heterocycles. The van der Waals surface area contributed by atoms with Gasteiger partial charge in [0.25, 0.3) is 5.91 Å². The number of benzene rings is 2. The Labute approximate surface area is 152 Å². The minimum Gasteiger partial charge on any atom is -0.462 e. The molecule has 0 fully saturated rings. The predicted octanol–water partition coefficient (Wildman–Crippen LogP) is 3.35. The van der Waals surface area contributed by atoms with Crippen molar-refractivity contribution in [2.24, 2.45) is 0 Å². The summed E-state index contributed by atoms with van der Waals surface area (Å²) in [5.41, 5.74) is 1.69. The fourth-order valence-corrected chi connectivity index (χ4v) is 2.21. The lowest BCUT2D eigenvalue weighted by Crippen LogP contribution is -2.26. The number of hydrogen-bond acceptors (Lipinski definition) is 5. The number of nitrogens with one attached hydrogen (secondary N) is 1. The smallest absolute Gasteiger partial charge is 0.350 e. The molecule has 6 nitrogen and oxygen atoms in total. The zero-order chi connectivity index (χ0) is 18.9. The van der Waals surface area contributed by atoms with E-state index in [0.717, 1.165) is 5.69 Å². The first-order valence-electron chi connectivity index (χ1n) is 8.04. The summed E-state index contributed by atoms with van der Waals surface area (Å²) in [5.74, 6) is -0.867. The molecule has 0 aliphatic heterocycles. The Balaban J connectivity index is 2.16. The maximum absolute atomic E-state index is 12.6. The highest BCUT2D eigenvalue weighted by molar-refractivity contribution is 6.06. The monoisotopic (exact) mass is 349 g/mol. The molecule has 132 valence electrons. The van der Waals surface area contributed by atoms with E-state index in [2.05, 4.69) is 5.32 Å². The molecule has 6 heteroatoms. The molecule has 1 amide bonds. The van der Waals surface area contributed by atoms with E-state index in [1.165, 1.54) is 6.20 Å². The molecule has 1 N–H and O–H groups in total. The van der Waals surface area contributed by atoms with E-state index >= 15 is 0 Å². The molecule has 0 aliphatic rings. The highest BCUT2D eigenvalue weighted by Crippen LogP contribution is 2.17. The van der Waals surface area contributed by atoms with Crippen LogP contribution in [0.15, 0.2) is 66.4 Å². The van der Waals surface area contributed by atoms with Gasteiger partial charge >= 0.3 is 5.97 Å². The Morgan fingerprint density at radius 1 is 1.19 bits per heavy atom. The van der Waals surface area contributed by atoms with Gasteiger partial charge in [0.05, 0.1) is 6.61 Å². The Hall–Kier alpha value is -3.59. The Morgan fingerprint density at radius 3 is 2.58 bits per heavy atom. The number of carbonyl (C=O) groups is 2. The third-order valence-electron chi connectivity index (χ3n) is 3.56. The van der Waals surface area contributed by atoms with Crippen LogP contribution in [0.25, 0.3) is 0 Å². The van der Waals surface area contributed by atoms with Crippen LogP contribution in [-0.2, 0) is 9.53 Å². The number of para-hydroxylation sites is 1. The first-order chi connectivity index (χ1) is 12.6. The molecule has 2 rings (SSSR count). The number of anilines is 2. The summed E-state index contributed by atoms with van der Waals surface area (Å²) < 4.78 is 4.80. The largest absolute Gasteiger partial charge is 0.462 e. The van der Waals surface area contributed by atoms with Gasteiger partial charge in [-0.15, -0.1) is 0 Å². The van der Waals surface area contributed by atoms with Crippen LogP contribution in [0.4, 0.5) is 11.4 Å². The van der Waals surface area contributed by atoms with Crippen molar-refractivity contribution in [2.75, 3.05) is 23.9 Å². The highest BCUT2D eigenvalue weighted by atomic mass is 16.5. The first kappa shape index (κ1) is 18.7. The molecule has 2 aromatic carbocycles. The van der Waals surface area contributed by atoms with E-state index in [1.54, 1.807) is 49.2 Å². The van der Waals surface area contributed by atoms with Crippen molar-refractivity contribution >= 4 is 23.3 Å².